The third-order valence-electron chi connectivity index (χ3n) is 4.20. The molecule has 28 heavy (non-hydrogen) atoms. The second-order valence-corrected chi connectivity index (χ2v) is 8.14. The number of carbonyl (C=O) groups is 1. The van der Waals surface area contributed by atoms with Gasteiger partial charge < -0.3 is 4.74 Å². The number of sulfonamides is 1. The standard InChI is InChI=1S/C22H21NO4S/c1-16-8-11-20(12-9-16)28(25,26)23-21-14-19(17(2)24)10-13-22(21)27-15-18-6-4-3-5-7-18/h3-14,23H,15H2,1-2H3. The van der Waals surface area contributed by atoms with E-state index in [0.717, 1.165) is 11.1 Å². The fourth-order valence-corrected chi connectivity index (χ4v) is 3.67. The van der Waals surface area contributed by atoms with Gasteiger partial charge in [-0.25, -0.2) is 8.42 Å². The Morgan fingerprint density at radius 3 is 2.29 bits per heavy atom. The Balaban J connectivity index is 1.91. The number of ether oxygens (including phenoxy) is 1. The van der Waals surface area contributed by atoms with Crippen molar-refractivity contribution in [1.82, 2.24) is 0 Å². The molecular formula is C22H21NO4S. The number of ketones is 1. The fraction of sp³-hybridized carbons (Fsp3) is 0.136. The molecule has 1 N–H and O–H groups in total. The predicted molar refractivity (Wildman–Crippen MR) is 109 cm³/mol. The van der Waals surface area contributed by atoms with E-state index in [1.54, 1.807) is 24.3 Å². The molecule has 0 saturated heterocycles. The maximum atomic E-state index is 12.8. The van der Waals surface area contributed by atoms with Gasteiger partial charge in [0.15, 0.2) is 5.78 Å². The molecule has 0 atom stereocenters. The fourth-order valence-electron chi connectivity index (χ4n) is 2.61. The zero-order chi connectivity index (χ0) is 20.1. The second kappa shape index (κ2) is 8.27. The van der Waals surface area contributed by atoms with Crippen molar-refractivity contribution in [2.75, 3.05) is 4.72 Å². The van der Waals surface area contributed by atoms with Gasteiger partial charge in [-0.1, -0.05) is 48.0 Å². The van der Waals surface area contributed by atoms with Crippen molar-refractivity contribution in [2.24, 2.45) is 0 Å². The third kappa shape index (κ3) is 4.78. The first-order valence-corrected chi connectivity index (χ1v) is 10.2. The lowest BCUT2D eigenvalue weighted by molar-refractivity contribution is 0.101. The molecule has 0 bridgehead atoms. The number of hydrogen-bond donors (Lipinski definition) is 1. The Bertz CT molecular complexity index is 1080. The molecule has 0 radical (unpaired) electrons. The molecular weight excluding hydrogens is 374 g/mol. The molecule has 0 amide bonds. The lowest BCUT2D eigenvalue weighted by Gasteiger charge is -2.15. The van der Waals surface area contributed by atoms with E-state index in [2.05, 4.69) is 4.72 Å². The Hall–Kier alpha value is -3.12. The van der Waals surface area contributed by atoms with E-state index in [1.807, 2.05) is 37.3 Å². The van der Waals surface area contributed by atoms with Crippen LogP contribution < -0.4 is 9.46 Å². The van der Waals surface area contributed by atoms with Crippen molar-refractivity contribution in [3.63, 3.8) is 0 Å². The van der Waals surface area contributed by atoms with Crippen LogP contribution in [0.4, 0.5) is 5.69 Å². The van der Waals surface area contributed by atoms with Crippen molar-refractivity contribution in [3.8, 4) is 5.75 Å². The van der Waals surface area contributed by atoms with Crippen LogP contribution in [0.2, 0.25) is 0 Å². The summed E-state index contributed by atoms with van der Waals surface area (Å²) < 4.78 is 33.9. The summed E-state index contributed by atoms with van der Waals surface area (Å²) in [7, 11) is -3.82. The molecule has 3 aromatic rings. The molecule has 0 fully saturated rings. The van der Waals surface area contributed by atoms with Crippen LogP contribution in [0, 0.1) is 6.92 Å². The van der Waals surface area contributed by atoms with E-state index in [-0.39, 0.29) is 23.0 Å². The van der Waals surface area contributed by atoms with Crippen LogP contribution >= 0.6 is 0 Å². The van der Waals surface area contributed by atoms with E-state index in [9.17, 15) is 13.2 Å². The Labute approximate surface area is 165 Å². The number of aryl methyl sites for hydroxylation is 1. The van der Waals surface area contributed by atoms with E-state index in [0.29, 0.717) is 11.3 Å². The second-order valence-electron chi connectivity index (χ2n) is 6.46. The van der Waals surface area contributed by atoms with Crippen molar-refractivity contribution in [1.29, 1.82) is 0 Å². The highest BCUT2D eigenvalue weighted by atomic mass is 32.2. The summed E-state index contributed by atoms with van der Waals surface area (Å²) in [5.41, 5.74) is 2.53. The Morgan fingerprint density at radius 2 is 1.64 bits per heavy atom. The summed E-state index contributed by atoms with van der Waals surface area (Å²) in [6, 6.07) is 20.8. The molecule has 3 rings (SSSR count). The van der Waals surface area contributed by atoms with Gasteiger partial charge in [0.05, 0.1) is 10.6 Å². The quantitative estimate of drug-likeness (QED) is 0.595. The first-order chi connectivity index (χ1) is 13.3. The number of carbonyl (C=O) groups excluding carboxylic acids is 1. The molecule has 0 saturated carbocycles. The molecule has 5 nitrogen and oxygen atoms in total. The summed E-state index contributed by atoms with van der Waals surface area (Å²) >= 11 is 0. The first kappa shape index (κ1) is 19.6. The van der Waals surface area contributed by atoms with Gasteiger partial charge in [0, 0.05) is 5.56 Å². The largest absolute Gasteiger partial charge is 0.487 e. The number of benzene rings is 3. The summed E-state index contributed by atoms with van der Waals surface area (Å²) in [5, 5.41) is 0. The highest BCUT2D eigenvalue weighted by Gasteiger charge is 2.18. The summed E-state index contributed by atoms with van der Waals surface area (Å²) in [6.45, 7) is 3.59. The minimum Gasteiger partial charge on any atom is -0.487 e. The molecule has 0 unspecified atom stereocenters. The highest BCUT2D eigenvalue weighted by Crippen LogP contribution is 2.29. The van der Waals surface area contributed by atoms with Gasteiger partial charge in [-0.05, 0) is 49.7 Å². The number of anilines is 1. The predicted octanol–water partition coefficient (Wildman–Crippen LogP) is 4.58. The van der Waals surface area contributed by atoms with Crippen LogP contribution in [0.15, 0.2) is 77.7 Å². The summed E-state index contributed by atoms with van der Waals surface area (Å²) in [4.78, 5) is 11.9. The number of Topliss-reactive ketones (excluding diaryl/α,β-unsaturated/α-hetero) is 1. The average Bonchev–Trinajstić information content (AvgIpc) is 2.67. The maximum absolute atomic E-state index is 12.8. The Morgan fingerprint density at radius 1 is 0.964 bits per heavy atom. The van der Waals surface area contributed by atoms with E-state index in [4.69, 9.17) is 4.74 Å². The molecule has 0 aliphatic carbocycles. The van der Waals surface area contributed by atoms with E-state index >= 15 is 0 Å². The molecule has 0 aliphatic heterocycles. The van der Waals surface area contributed by atoms with Gasteiger partial charge >= 0.3 is 0 Å². The van der Waals surface area contributed by atoms with Gasteiger partial charge in [-0.15, -0.1) is 0 Å². The maximum Gasteiger partial charge on any atom is 0.262 e. The van der Waals surface area contributed by atoms with Gasteiger partial charge in [0.25, 0.3) is 10.0 Å². The van der Waals surface area contributed by atoms with Crippen molar-refractivity contribution in [2.45, 2.75) is 25.3 Å². The lowest BCUT2D eigenvalue weighted by Crippen LogP contribution is -2.14. The zero-order valence-corrected chi connectivity index (χ0v) is 16.5. The minimum absolute atomic E-state index is 0.139. The molecule has 144 valence electrons. The summed E-state index contributed by atoms with van der Waals surface area (Å²) in [6.07, 6.45) is 0. The van der Waals surface area contributed by atoms with Crippen LogP contribution in [0.3, 0.4) is 0 Å². The van der Waals surface area contributed by atoms with Gasteiger partial charge in [0.2, 0.25) is 0 Å². The van der Waals surface area contributed by atoms with Crippen LogP contribution in [0.1, 0.15) is 28.4 Å². The van der Waals surface area contributed by atoms with Crippen molar-refractivity contribution < 1.29 is 17.9 Å². The molecule has 0 aliphatic rings. The van der Waals surface area contributed by atoms with Gasteiger partial charge in [0.1, 0.15) is 12.4 Å². The SMILES string of the molecule is CC(=O)c1ccc(OCc2ccccc2)c(NS(=O)(=O)c2ccc(C)cc2)c1. The van der Waals surface area contributed by atoms with Crippen LogP contribution in [0.5, 0.6) is 5.75 Å². The van der Waals surface area contributed by atoms with Gasteiger partial charge in [-0.2, -0.15) is 0 Å². The zero-order valence-electron chi connectivity index (χ0n) is 15.7. The van der Waals surface area contributed by atoms with E-state index < -0.39 is 10.0 Å². The highest BCUT2D eigenvalue weighted by molar-refractivity contribution is 7.92. The lowest BCUT2D eigenvalue weighted by atomic mass is 10.1. The molecule has 0 heterocycles. The summed E-state index contributed by atoms with van der Waals surface area (Å²) in [5.74, 6) is 0.190. The van der Waals surface area contributed by atoms with E-state index in [1.165, 1.54) is 25.1 Å². The molecule has 6 heteroatoms. The monoisotopic (exact) mass is 395 g/mol. The first-order valence-electron chi connectivity index (χ1n) is 8.76. The molecule has 3 aromatic carbocycles. The smallest absolute Gasteiger partial charge is 0.262 e. The van der Waals surface area contributed by atoms with Crippen LogP contribution in [-0.4, -0.2) is 14.2 Å². The Kier molecular flexibility index (Phi) is 5.80. The average molecular weight is 395 g/mol. The third-order valence-corrected chi connectivity index (χ3v) is 5.58. The topological polar surface area (TPSA) is 72.5 Å². The molecule has 0 aromatic heterocycles. The number of hydrogen-bond acceptors (Lipinski definition) is 4. The molecule has 0 spiro atoms. The van der Waals surface area contributed by atoms with Crippen LogP contribution in [0.25, 0.3) is 0 Å². The van der Waals surface area contributed by atoms with Gasteiger partial charge in [-0.3, -0.25) is 9.52 Å². The van der Waals surface area contributed by atoms with Crippen molar-refractivity contribution >= 4 is 21.5 Å². The normalized spacial score (nSPS) is 11.1. The number of rotatable bonds is 7. The number of nitrogens with one attached hydrogen (secondary N) is 1. The minimum atomic E-state index is -3.82. The van der Waals surface area contributed by atoms with Crippen LogP contribution in [-0.2, 0) is 16.6 Å². The van der Waals surface area contributed by atoms with Crippen molar-refractivity contribution in [3.05, 3.63) is 89.5 Å².